The first kappa shape index (κ1) is 17.8. The lowest BCUT2D eigenvalue weighted by molar-refractivity contribution is 0.479. The Hall–Kier alpha value is -1.30. The second-order valence-electron chi connectivity index (χ2n) is 8.21. The number of allylic oxidation sites excluding steroid dienone is 8. The van der Waals surface area contributed by atoms with E-state index in [1.165, 1.54) is 17.6 Å². The van der Waals surface area contributed by atoms with Crippen molar-refractivity contribution in [1.82, 2.24) is 0 Å². The largest absolute Gasteiger partial charge is 0.0955 e. The predicted molar refractivity (Wildman–Crippen MR) is 96.3 cm³/mol. The maximum absolute atomic E-state index is 4.18. The van der Waals surface area contributed by atoms with E-state index in [0.29, 0.717) is 5.41 Å². The molecule has 1 rings (SSSR count). The Bertz CT molecular complexity index is 493. The van der Waals surface area contributed by atoms with Crippen molar-refractivity contribution in [1.29, 1.82) is 0 Å². The highest BCUT2D eigenvalue weighted by atomic mass is 14.2. The molecule has 0 heteroatoms. The van der Waals surface area contributed by atoms with Crippen LogP contribution in [0.5, 0.6) is 0 Å². The molecular weight excluding hydrogens is 252 g/mol. The van der Waals surface area contributed by atoms with Crippen LogP contribution in [0.2, 0.25) is 0 Å². The van der Waals surface area contributed by atoms with Gasteiger partial charge in [0.15, 0.2) is 0 Å². The molecule has 0 fully saturated rings. The molecule has 0 aromatic rings. The summed E-state index contributed by atoms with van der Waals surface area (Å²) in [5.41, 5.74) is 5.78. The summed E-state index contributed by atoms with van der Waals surface area (Å²) >= 11 is 0. The summed E-state index contributed by atoms with van der Waals surface area (Å²) in [7, 11) is 0. The molecule has 1 aliphatic carbocycles. The highest BCUT2D eigenvalue weighted by Crippen LogP contribution is 2.34. The van der Waals surface area contributed by atoms with Crippen LogP contribution in [0.3, 0.4) is 0 Å². The van der Waals surface area contributed by atoms with E-state index in [1.54, 1.807) is 5.57 Å². The van der Waals surface area contributed by atoms with Crippen LogP contribution in [0.25, 0.3) is 0 Å². The fraction of sp³-hybridized carbons (Fsp3) is 0.524. The van der Waals surface area contributed by atoms with Crippen molar-refractivity contribution < 1.29 is 0 Å². The molecule has 0 spiro atoms. The van der Waals surface area contributed by atoms with Gasteiger partial charge in [0.25, 0.3) is 0 Å². The summed E-state index contributed by atoms with van der Waals surface area (Å²) in [6.07, 6.45) is 12.2. The van der Waals surface area contributed by atoms with E-state index in [4.69, 9.17) is 0 Å². The Morgan fingerprint density at radius 1 is 1.00 bits per heavy atom. The van der Waals surface area contributed by atoms with Gasteiger partial charge in [0.05, 0.1) is 0 Å². The van der Waals surface area contributed by atoms with E-state index in [9.17, 15) is 0 Å². The van der Waals surface area contributed by atoms with Gasteiger partial charge in [0.1, 0.15) is 0 Å². The first-order valence-corrected chi connectivity index (χ1v) is 7.94. The van der Waals surface area contributed by atoms with Crippen LogP contribution in [0.1, 0.15) is 60.8 Å². The summed E-state index contributed by atoms with van der Waals surface area (Å²) in [4.78, 5) is 0. The molecule has 0 heterocycles. The van der Waals surface area contributed by atoms with Crippen LogP contribution >= 0.6 is 0 Å². The molecule has 0 bridgehead atoms. The average Bonchev–Trinajstić information content (AvgIpc) is 2.34. The minimum absolute atomic E-state index is 0.130. The fourth-order valence-electron chi connectivity index (χ4n) is 2.27. The number of hydrogen-bond acceptors (Lipinski definition) is 0. The Labute approximate surface area is 132 Å². The monoisotopic (exact) mass is 284 g/mol. The van der Waals surface area contributed by atoms with E-state index in [2.05, 4.69) is 79.0 Å². The first-order chi connectivity index (χ1) is 9.50. The highest BCUT2D eigenvalue weighted by molar-refractivity contribution is 5.34. The summed E-state index contributed by atoms with van der Waals surface area (Å²) in [5.74, 6) is 0. The molecule has 1 aliphatic rings. The van der Waals surface area contributed by atoms with Gasteiger partial charge in [-0.25, -0.2) is 0 Å². The minimum atomic E-state index is 0.130. The molecule has 0 aliphatic heterocycles. The number of hydrogen-bond donors (Lipinski definition) is 0. The Balaban J connectivity index is 2.62. The zero-order chi connectivity index (χ0) is 16.3. The third-order valence-electron chi connectivity index (χ3n) is 4.14. The maximum Gasteiger partial charge on any atom is -0.00697 e. The zero-order valence-electron chi connectivity index (χ0n) is 14.8. The molecule has 0 saturated carbocycles. The third-order valence-corrected chi connectivity index (χ3v) is 4.14. The average molecular weight is 284 g/mol. The lowest BCUT2D eigenvalue weighted by atomic mass is 9.80. The van der Waals surface area contributed by atoms with Gasteiger partial charge in [0.2, 0.25) is 0 Å². The van der Waals surface area contributed by atoms with Gasteiger partial charge in [0, 0.05) is 0 Å². The summed E-state index contributed by atoms with van der Waals surface area (Å²) in [6.45, 7) is 21.7. The lowest BCUT2D eigenvalue weighted by Crippen LogP contribution is -2.11. The van der Waals surface area contributed by atoms with Gasteiger partial charge in [-0.05, 0) is 35.7 Å². The van der Waals surface area contributed by atoms with Crippen molar-refractivity contribution in [2.45, 2.75) is 60.8 Å². The molecule has 0 nitrogen and oxygen atoms in total. The van der Waals surface area contributed by atoms with E-state index in [-0.39, 0.29) is 5.41 Å². The summed E-state index contributed by atoms with van der Waals surface area (Å²) < 4.78 is 0. The molecule has 0 amide bonds. The van der Waals surface area contributed by atoms with Crippen molar-refractivity contribution in [2.24, 2.45) is 10.8 Å². The lowest BCUT2D eigenvalue weighted by Gasteiger charge is -2.26. The van der Waals surface area contributed by atoms with Crippen molar-refractivity contribution in [2.75, 3.05) is 0 Å². The van der Waals surface area contributed by atoms with Crippen molar-refractivity contribution in [3.8, 4) is 0 Å². The van der Waals surface area contributed by atoms with E-state index in [1.807, 2.05) is 0 Å². The smallest absolute Gasteiger partial charge is 0.00697 e. The van der Waals surface area contributed by atoms with Gasteiger partial charge in [-0.3, -0.25) is 0 Å². The Morgan fingerprint density at radius 2 is 1.62 bits per heavy atom. The molecular formula is C21H32. The molecule has 0 unspecified atom stereocenters. The predicted octanol–water partition coefficient (Wildman–Crippen LogP) is 6.78. The van der Waals surface area contributed by atoms with Crippen molar-refractivity contribution >= 4 is 0 Å². The van der Waals surface area contributed by atoms with Gasteiger partial charge in [-0.2, -0.15) is 0 Å². The molecule has 0 aromatic heterocycles. The maximum atomic E-state index is 4.18. The first-order valence-electron chi connectivity index (χ1n) is 7.94. The fourth-order valence-corrected chi connectivity index (χ4v) is 2.27. The normalized spacial score (nSPS) is 16.7. The van der Waals surface area contributed by atoms with Gasteiger partial charge >= 0.3 is 0 Å². The summed E-state index contributed by atoms with van der Waals surface area (Å²) in [5, 5.41) is 0. The van der Waals surface area contributed by atoms with Gasteiger partial charge in [-0.15, -0.1) is 0 Å². The van der Waals surface area contributed by atoms with E-state index < -0.39 is 0 Å². The molecule has 0 radical (unpaired) electrons. The van der Waals surface area contributed by atoms with Crippen LogP contribution in [0, 0.1) is 10.8 Å². The highest BCUT2D eigenvalue weighted by Gasteiger charge is 2.18. The standard InChI is InChI=1S/C21H32/c1-16(9-10-17(2)20(3,4)5)15-18-11-13-19(14-12-18)21(6,7)8/h9-11,13H,1-2,12,14-15H2,3-8H3/b10-9-. The third kappa shape index (κ3) is 5.91. The second kappa shape index (κ2) is 6.64. The van der Waals surface area contributed by atoms with Crippen LogP contribution in [-0.4, -0.2) is 0 Å². The number of rotatable bonds is 4. The molecule has 0 N–H and O–H groups in total. The van der Waals surface area contributed by atoms with Crippen LogP contribution in [0.15, 0.2) is 59.8 Å². The SMILES string of the molecule is C=C(/C=C\C(=C)C(C)(C)C)CC1=CC=C(C(C)(C)C)CC1. The van der Waals surface area contributed by atoms with Gasteiger partial charge < -0.3 is 0 Å². The molecule has 0 atom stereocenters. The Morgan fingerprint density at radius 3 is 2.05 bits per heavy atom. The molecule has 0 aromatic carbocycles. The zero-order valence-corrected chi connectivity index (χ0v) is 14.8. The molecule has 0 saturated heterocycles. The minimum Gasteiger partial charge on any atom is -0.0955 e. The topological polar surface area (TPSA) is 0 Å². The van der Waals surface area contributed by atoms with Crippen LogP contribution in [-0.2, 0) is 0 Å². The molecule has 116 valence electrons. The van der Waals surface area contributed by atoms with Crippen LogP contribution in [0.4, 0.5) is 0 Å². The quantitative estimate of drug-likeness (QED) is 0.499. The van der Waals surface area contributed by atoms with E-state index >= 15 is 0 Å². The summed E-state index contributed by atoms with van der Waals surface area (Å²) in [6, 6.07) is 0. The molecule has 21 heavy (non-hydrogen) atoms. The second-order valence-corrected chi connectivity index (χ2v) is 8.21. The van der Waals surface area contributed by atoms with Gasteiger partial charge in [-0.1, -0.05) is 95.7 Å². The Kier molecular flexibility index (Phi) is 5.61. The van der Waals surface area contributed by atoms with Crippen LogP contribution < -0.4 is 0 Å². The van der Waals surface area contributed by atoms with Crippen molar-refractivity contribution in [3.05, 3.63) is 59.8 Å². The van der Waals surface area contributed by atoms with E-state index in [0.717, 1.165) is 18.4 Å². The van der Waals surface area contributed by atoms with Crippen molar-refractivity contribution in [3.63, 3.8) is 0 Å².